The molecule has 1 aliphatic heterocycles. The number of rotatable bonds is 2. The van der Waals surface area contributed by atoms with Gasteiger partial charge in [0.25, 0.3) is 0 Å². The summed E-state index contributed by atoms with van der Waals surface area (Å²) in [6.45, 7) is 1.60. The lowest BCUT2D eigenvalue weighted by atomic mass is 10.1. The van der Waals surface area contributed by atoms with Gasteiger partial charge in [-0.3, -0.25) is 4.79 Å². The van der Waals surface area contributed by atoms with Gasteiger partial charge < -0.3 is 19.7 Å². The van der Waals surface area contributed by atoms with Crippen LogP contribution in [-0.4, -0.2) is 52.8 Å². The Labute approximate surface area is 86.4 Å². The van der Waals surface area contributed by atoms with Crippen LogP contribution in [0.15, 0.2) is 0 Å². The molecule has 1 saturated heterocycles. The lowest BCUT2D eigenvalue weighted by Gasteiger charge is -2.35. The van der Waals surface area contributed by atoms with E-state index >= 15 is 0 Å². The van der Waals surface area contributed by atoms with Crippen molar-refractivity contribution in [3.8, 4) is 0 Å². The molecule has 0 amide bonds. The fourth-order valence-electron chi connectivity index (χ4n) is 1.29. The van der Waals surface area contributed by atoms with E-state index < -0.39 is 23.7 Å². The second-order valence-corrected chi connectivity index (χ2v) is 4.48. The molecule has 1 heterocycles. The zero-order chi connectivity index (χ0) is 10.7. The van der Waals surface area contributed by atoms with Crippen molar-refractivity contribution in [2.75, 3.05) is 13.7 Å². The number of aliphatic hydroxyl groups excluding tert-OH is 2. The summed E-state index contributed by atoms with van der Waals surface area (Å²) in [6.07, 6.45) is -2.91. The van der Waals surface area contributed by atoms with Crippen LogP contribution in [0.3, 0.4) is 0 Å². The summed E-state index contributed by atoms with van der Waals surface area (Å²) in [5.74, 6) is 0. The zero-order valence-corrected chi connectivity index (χ0v) is 8.86. The molecule has 2 N–H and O–H groups in total. The predicted octanol–water partition coefficient (Wildman–Crippen LogP) is -0.641. The van der Waals surface area contributed by atoms with Crippen LogP contribution >= 0.6 is 11.8 Å². The Kier molecular flexibility index (Phi) is 4.33. The fraction of sp³-hybridized carbons (Fsp3) is 0.875. The summed E-state index contributed by atoms with van der Waals surface area (Å²) in [5, 5.41) is 18.6. The van der Waals surface area contributed by atoms with E-state index in [0.29, 0.717) is 0 Å². The van der Waals surface area contributed by atoms with Crippen molar-refractivity contribution < 1.29 is 24.5 Å². The molecular formula is C8H14O5S. The molecule has 1 rings (SSSR count). The summed E-state index contributed by atoms with van der Waals surface area (Å²) in [4.78, 5) is 10.8. The van der Waals surface area contributed by atoms with E-state index in [9.17, 15) is 15.0 Å². The Morgan fingerprint density at radius 2 is 2.14 bits per heavy atom. The molecule has 0 spiro atoms. The maximum atomic E-state index is 10.8. The van der Waals surface area contributed by atoms with Crippen LogP contribution in [0.25, 0.3) is 0 Å². The van der Waals surface area contributed by atoms with Crippen molar-refractivity contribution in [3.05, 3.63) is 0 Å². The van der Waals surface area contributed by atoms with Gasteiger partial charge in [-0.15, -0.1) is 0 Å². The van der Waals surface area contributed by atoms with Crippen LogP contribution < -0.4 is 0 Å². The molecule has 0 aromatic carbocycles. The second-order valence-electron chi connectivity index (χ2n) is 3.07. The standard InChI is InChI=1S/C8H14O5S/c1-4(9)14-5-3-13-8(12-2)7(11)6(5)10/h5-8,10-11H,3H2,1-2H3/t5-,6-,7-,8-/m0/s1. The van der Waals surface area contributed by atoms with Gasteiger partial charge in [-0.05, 0) is 0 Å². The molecule has 0 unspecified atom stereocenters. The Balaban J connectivity index is 2.54. The average molecular weight is 222 g/mol. The van der Waals surface area contributed by atoms with Gasteiger partial charge in [-0.2, -0.15) is 0 Å². The third-order valence-electron chi connectivity index (χ3n) is 1.98. The molecular weight excluding hydrogens is 208 g/mol. The maximum Gasteiger partial charge on any atom is 0.186 e. The minimum absolute atomic E-state index is 0.110. The Bertz CT molecular complexity index is 210. The molecule has 0 aromatic heterocycles. The van der Waals surface area contributed by atoms with E-state index in [1.807, 2.05) is 0 Å². The Morgan fingerprint density at radius 1 is 1.50 bits per heavy atom. The van der Waals surface area contributed by atoms with Crippen molar-refractivity contribution in [2.24, 2.45) is 0 Å². The van der Waals surface area contributed by atoms with Gasteiger partial charge in [0.15, 0.2) is 11.4 Å². The number of carbonyl (C=O) groups excluding carboxylic acids is 1. The van der Waals surface area contributed by atoms with Crippen molar-refractivity contribution >= 4 is 16.9 Å². The lowest BCUT2D eigenvalue weighted by molar-refractivity contribution is -0.229. The quantitative estimate of drug-likeness (QED) is 0.647. The number of carbonyl (C=O) groups is 1. The molecule has 0 aliphatic carbocycles. The summed E-state index contributed by atoms with van der Waals surface area (Å²) < 4.78 is 9.92. The molecule has 0 saturated carbocycles. The highest BCUT2D eigenvalue weighted by atomic mass is 32.2. The monoisotopic (exact) mass is 222 g/mol. The normalized spacial score (nSPS) is 38.3. The van der Waals surface area contributed by atoms with Crippen LogP contribution in [0.5, 0.6) is 0 Å². The highest BCUT2D eigenvalue weighted by Gasteiger charge is 2.39. The van der Waals surface area contributed by atoms with Gasteiger partial charge in [0.2, 0.25) is 0 Å². The first-order chi connectivity index (χ1) is 6.56. The van der Waals surface area contributed by atoms with Gasteiger partial charge in [-0.25, -0.2) is 0 Å². The number of hydrogen-bond donors (Lipinski definition) is 2. The molecule has 82 valence electrons. The largest absolute Gasteiger partial charge is 0.389 e. The van der Waals surface area contributed by atoms with Gasteiger partial charge in [-0.1, -0.05) is 11.8 Å². The molecule has 14 heavy (non-hydrogen) atoms. The molecule has 5 nitrogen and oxygen atoms in total. The Morgan fingerprint density at radius 3 is 2.64 bits per heavy atom. The second kappa shape index (κ2) is 5.09. The van der Waals surface area contributed by atoms with E-state index in [1.165, 1.54) is 14.0 Å². The lowest BCUT2D eigenvalue weighted by Crippen LogP contribution is -2.52. The zero-order valence-electron chi connectivity index (χ0n) is 8.04. The summed E-state index contributed by atoms with van der Waals surface area (Å²) >= 11 is 0.970. The molecule has 1 fully saturated rings. The van der Waals surface area contributed by atoms with Crippen molar-refractivity contribution in [3.63, 3.8) is 0 Å². The van der Waals surface area contributed by atoms with E-state index in [1.54, 1.807) is 0 Å². The van der Waals surface area contributed by atoms with Crippen molar-refractivity contribution in [1.82, 2.24) is 0 Å². The highest BCUT2D eigenvalue weighted by molar-refractivity contribution is 8.14. The number of aliphatic hydroxyl groups is 2. The van der Waals surface area contributed by atoms with Crippen LogP contribution in [0, 0.1) is 0 Å². The van der Waals surface area contributed by atoms with Crippen LogP contribution in [-0.2, 0) is 14.3 Å². The minimum Gasteiger partial charge on any atom is -0.389 e. The number of ether oxygens (including phenoxy) is 2. The van der Waals surface area contributed by atoms with Crippen molar-refractivity contribution in [1.29, 1.82) is 0 Å². The number of thioether (sulfide) groups is 1. The fourth-order valence-corrected chi connectivity index (χ4v) is 2.17. The molecule has 4 atom stereocenters. The number of hydrogen-bond acceptors (Lipinski definition) is 6. The molecule has 1 aliphatic rings. The van der Waals surface area contributed by atoms with Crippen LogP contribution in [0.4, 0.5) is 0 Å². The van der Waals surface area contributed by atoms with E-state index in [4.69, 9.17) is 9.47 Å². The van der Waals surface area contributed by atoms with E-state index in [2.05, 4.69) is 0 Å². The van der Waals surface area contributed by atoms with E-state index in [-0.39, 0.29) is 11.7 Å². The van der Waals surface area contributed by atoms with Crippen LogP contribution in [0.1, 0.15) is 6.92 Å². The van der Waals surface area contributed by atoms with Gasteiger partial charge in [0.05, 0.1) is 18.0 Å². The minimum atomic E-state index is -1.11. The molecule has 6 heteroatoms. The smallest absolute Gasteiger partial charge is 0.186 e. The van der Waals surface area contributed by atoms with Gasteiger partial charge >= 0.3 is 0 Å². The third-order valence-corrected chi connectivity index (χ3v) is 3.03. The van der Waals surface area contributed by atoms with Gasteiger partial charge in [0, 0.05) is 14.0 Å². The summed E-state index contributed by atoms with van der Waals surface area (Å²) in [7, 11) is 1.39. The summed E-state index contributed by atoms with van der Waals surface area (Å²) in [6, 6.07) is 0. The maximum absolute atomic E-state index is 10.8. The molecule has 0 aromatic rings. The molecule has 0 bridgehead atoms. The first-order valence-corrected chi connectivity index (χ1v) is 5.12. The topological polar surface area (TPSA) is 76.0 Å². The van der Waals surface area contributed by atoms with Crippen LogP contribution in [0.2, 0.25) is 0 Å². The first kappa shape index (κ1) is 11.9. The Hall–Kier alpha value is -0.140. The highest BCUT2D eigenvalue weighted by Crippen LogP contribution is 2.25. The number of methoxy groups -OCH3 is 1. The summed E-state index contributed by atoms with van der Waals surface area (Å²) in [5.41, 5.74) is 0. The third kappa shape index (κ3) is 2.68. The average Bonchev–Trinajstić information content (AvgIpc) is 2.13. The van der Waals surface area contributed by atoms with Gasteiger partial charge in [0.1, 0.15) is 6.10 Å². The predicted molar refractivity (Wildman–Crippen MR) is 50.8 cm³/mol. The van der Waals surface area contributed by atoms with Crippen molar-refractivity contribution in [2.45, 2.75) is 30.7 Å². The molecule has 0 radical (unpaired) electrons. The first-order valence-electron chi connectivity index (χ1n) is 4.24. The SMILES string of the molecule is CO[C@H]1OC[C@H](SC(C)=O)[C@H](O)[C@@H]1O. The van der Waals surface area contributed by atoms with E-state index in [0.717, 1.165) is 11.8 Å².